The molecule has 1 fully saturated rings. The van der Waals surface area contributed by atoms with Crippen LogP contribution in [0.3, 0.4) is 0 Å². The fourth-order valence-electron chi connectivity index (χ4n) is 3.70. The number of aryl methyl sites for hydroxylation is 1. The second-order valence-corrected chi connectivity index (χ2v) is 9.18. The molecule has 2 aromatic carbocycles. The summed E-state index contributed by atoms with van der Waals surface area (Å²) in [4.78, 5) is 28.8. The number of hydrogen-bond acceptors (Lipinski definition) is 5. The van der Waals surface area contributed by atoms with Gasteiger partial charge in [-0.05, 0) is 60.7 Å². The molecule has 7 nitrogen and oxygen atoms in total. The molecule has 1 amide bonds. The number of nitrogens with one attached hydrogen (secondary N) is 1. The lowest BCUT2D eigenvalue weighted by Crippen LogP contribution is -2.19. The molecule has 4 aromatic rings. The molecule has 2 aromatic heterocycles. The van der Waals surface area contributed by atoms with Gasteiger partial charge in [0.05, 0.1) is 17.1 Å². The number of furan rings is 1. The highest BCUT2D eigenvalue weighted by Crippen LogP contribution is 2.32. The summed E-state index contributed by atoms with van der Waals surface area (Å²) in [6.45, 7) is 2.29. The van der Waals surface area contributed by atoms with Crippen LogP contribution in [0, 0.1) is 6.92 Å². The highest BCUT2D eigenvalue weighted by Gasteiger charge is 2.25. The number of carbonyl (C=O) groups is 2. The van der Waals surface area contributed by atoms with Crippen molar-refractivity contribution < 1.29 is 19.1 Å². The van der Waals surface area contributed by atoms with E-state index in [4.69, 9.17) is 21.1 Å². The quantitative estimate of drug-likeness (QED) is 0.342. The molecule has 0 saturated carbocycles. The number of amidine groups is 1. The molecule has 0 atom stereocenters. The molecular formula is C25H18ClN3O4S. The summed E-state index contributed by atoms with van der Waals surface area (Å²) in [6, 6.07) is 16.3. The van der Waals surface area contributed by atoms with Gasteiger partial charge in [-0.25, -0.2) is 9.79 Å². The Hall–Kier alpha value is -3.75. The predicted octanol–water partition coefficient (Wildman–Crippen LogP) is 5.83. The van der Waals surface area contributed by atoms with Gasteiger partial charge in [-0.1, -0.05) is 35.9 Å². The Bertz CT molecular complexity index is 1520. The van der Waals surface area contributed by atoms with Crippen LogP contribution in [-0.2, 0) is 11.3 Å². The number of carbonyl (C=O) groups excluding carboxylic acids is 1. The van der Waals surface area contributed by atoms with Crippen molar-refractivity contribution in [1.82, 2.24) is 9.88 Å². The van der Waals surface area contributed by atoms with Gasteiger partial charge in [0.2, 0.25) is 5.76 Å². The molecule has 3 heterocycles. The summed E-state index contributed by atoms with van der Waals surface area (Å²) >= 11 is 7.35. The van der Waals surface area contributed by atoms with Crippen LogP contribution in [0.25, 0.3) is 17.0 Å². The number of aromatic nitrogens is 1. The van der Waals surface area contributed by atoms with E-state index in [1.54, 1.807) is 18.2 Å². The zero-order valence-corrected chi connectivity index (χ0v) is 19.5. The summed E-state index contributed by atoms with van der Waals surface area (Å²) < 4.78 is 7.38. The Morgan fingerprint density at radius 2 is 2.06 bits per heavy atom. The van der Waals surface area contributed by atoms with Crippen molar-refractivity contribution >= 4 is 63.1 Å². The minimum atomic E-state index is -1.11. The lowest BCUT2D eigenvalue weighted by atomic mass is 10.1. The highest BCUT2D eigenvalue weighted by atomic mass is 35.5. The minimum Gasteiger partial charge on any atom is -0.475 e. The van der Waals surface area contributed by atoms with Crippen LogP contribution in [0.2, 0.25) is 5.02 Å². The van der Waals surface area contributed by atoms with Crippen LogP contribution < -0.4 is 5.32 Å². The summed E-state index contributed by atoms with van der Waals surface area (Å²) in [5, 5.41) is 13.9. The zero-order chi connectivity index (χ0) is 23.8. The number of thioether (sulfide) groups is 1. The normalized spacial score (nSPS) is 16.0. The molecular weight excluding hydrogens is 474 g/mol. The van der Waals surface area contributed by atoms with Crippen LogP contribution >= 0.6 is 23.4 Å². The molecule has 2 N–H and O–H groups in total. The summed E-state index contributed by atoms with van der Waals surface area (Å²) in [7, 11) is 0. The van der Waals surface area contributed by atoms with Crippen molar-refractivity contribution in [3.05, 3.63) is 93.4 Å². The van der Waals surface area contributed by atoms with Gasteiger partial charge in [-0.2, -0.15) is 0 Å². The lowest BCUT2D eigenvalue weighted by Gasteiger charge is -2.02. The number of fused-ring (bicyclic) bond motifs is 1. The molecule has 1 aliphatic rings. The largest absolute Gasteiger partial charge is 0.475 e. The van der Waals surface area contributed by atoms with Crippen LogP contribution in [0.15, 0.2) is 75.1 Å². The predicted molar refractivity (Wildman–Crippen MR) is 134 cm³/mol. The first-order valence-corrected chi connectivity index (χ1v) is 11.5. The van der Waals surface area contributed by atoms with E-state index in [0.29, 0.717) is 33.1 Å². The summed E-state index contributed by atoms with van der Waals surface area (Å²) in [5.41, 5.74) is 3.46. The van der Waals surface area contributed by atoms with Gasteiger partial charge in [0.1, 0.15) is 5.76 Å². The van der Waals surface area contributed by atoms with Gasteiger partial charge in [-0.15, -0.1) is 0 Å². The van der Waals surface area contributed by atoms with E-state index >= 15 is 0 Å². The van der Waals surface area contributed by atoms with Crippen LogP contribution in [0.4, 0.5) is 5.69 Å². The number of carboxylic acids is 1. The number of aliphatic imine (C=N–C) groups is 1. The average Bonchev–Trinajstić information content (AvgIpc) is 3.50. The Kier molecular flexibility index (Phi) is 5.77. The number of carboxylic acid groups (broad SMARTS) is 1. The van der Waals surface area contributed by atoms with Crippen molar-refractivity contribution in [2.24, 2.45) is 4.99 Å². The summed E-state index contributed by atoms with van der Waals surface area (Å²) in [5.74, 6) is -0.910. The maximum Gasteiger partial charge on any atom is 0.371 e. The molecule has 34 heavy (non-hydrogen) atoms. The number of hydrogen-bond donors (Lipinski definition) is 2. The Balaban J connectivity index is 1.47. The van der Waals surface area contributed by atoms with Crippen molar-refractivity contribution in [3.8, 4) is 0 Å². The van der Waals surface area contributed by atoms with Crippen molar-refractivity contribution in [2.75, 3.05) is 0 Å². The van der Waals surface area contributed by atoms with E-state index in [2.05, 4.69) is 10.3 Å². The van der Waals surface area contributed by atoms with Crippen LogP contribution in [0.1, 0.15) is 27.4 Å². The van der Waals surface area contributed by atoms with E-state index in [0.717, 1.165) is 22.0 Å². The number of halogens is 1. The highest BCUT2D eigenvalue weighted by molar-refractivity contribution is 8.18. The van der Waals surface area contributed by atoms with Gasteiger partial charge >= 0.3 is 5.97 Å². The minimum absolute atomic E-state index is 0.102. The van der Waals surface area contributed by atoms with Gasteiger partial charge in [0, 0.05) is 27.7 Å². The molecule has 170 valence electrons. The first-order chi connectivity index (χ1) is 16.4. The molecule has 0 bridgehead atoms. The molecule has 1 saturated heterocycles. The maximum absolute atomic E-state index is 12.6. The standard InChI is InChI=1S/C25H18ClN3O4S/c1-14-6-7-16(26)11-19(14)27-25-28-23(30)22(34-25)10-15-12-29(20-5-3-2-4-18(15)20)13-17-8-9-21(33-17)24(31)32/h2-12H,13H2,1H3,(H,31,32)(H,27,28,30)/b22-10-. The average molecular weight is 492 g/mol. The second kappa shape index (κ2) is 8.89. The number of aromatic carboxylic acids is 1. The molecule has 5 rings (SSSR count). The van der Waals surface area contributed by atoms with Crippen molar-refractivity contribution in [2.45, 2.75) is 13.5 Å². The molecule has 0 spiro atoms. The molecule has 1 aliphatic heterocycles. The van der Waals surface area contributed by atoms with E-state index in [1.165, 1.54) is 17.8 Å². The van der Waals surface area contributed by atoms with Crippen LogP contribution in [-0.4, -0.2) is 26.7 Å². The fraction of sp³-hybridized carbons (Fsp3) is 0.0800. The van der Waals surface area contributed by atoms with Crippen molar-refractivity contribution in [3.63, 3.8) is 0 Å². The first kappa shape index (κ1) is 22.1. The Morgan fingerprint density at radius 3 is 2.85 bits per heavy atom. The van der Waals surface area contributed by atoms with Gasteiger partial charge < -0.3 is 19.4 Å². The molecule has 0 aliphatic carbocycles. The number of amides is 1. The molecule has 9 heteroatoms. The molecule has 0 unspecified atom stereocenters. The smallest absolute Gasteiger partial charge is 0.371 e. The number of para-hydroxylation sites is 1. The fourth-order valence-corrected chi connectivity index (χ4v) is 4.69. The zero-order valence-electron chi connectivity index (χ0n) is 17.9. The number of nitrogens with zero attached hydrogens (tertiary/aromatic N) is 2. The van der Waals surface area contributed by atoms with Gasteiger partial charge in [-0.3, -0.25) is 4.79 Å². The SMILES string of the molecule is Cc1ccc(Cl)cc1N=C1NC(=O)/C(=C/c2cn(Cc3ccc(C(=O)O)o3)c3ccccc23)S1. The maximum atomic E-state index is 12.6. The third-order valence-electron chi connectivity index (χ3n) is 5.35. The van der Waals surface area contributed by atoms with Crippen LogP contribution in [0.5, 0.6) is 0 Å². The lowest BCUT2D eigenvalue weighted by molar-refractivity contribution is -0.115. The number of benzene rings is 2. The van der Waals surface area contributed by atoms with Gasteiger partial charge in [0.15, 0.2) is 5.17 Å². The second-order valence-electron chi connectivity index (χ2n) is 7.71. The monoisotopic (exact) mass is 491 g/mol. The van der Waals surface area contributed by atoms with E-state index in [9.17, 15) is 9.59 Å². The van der Waals surface area contributed by atoms with Crippen molar-refractivity contribution in [1.29, 1.82) is 0 Å². The Morgan fingerprint density at radius 1 is 1.24 bits per heavy atom. The number of rotatable bonds is 5. The van der Waals surface area contributed by atoms with E-state index in [1.807, 2.05) is 54.1 Å². The Labute approximate surface area is 203 Å². The van der Waals surface area contributed by atoms with E-state index < -0.39 is 5.97 Å². The third-order valence-corrected chi connectivity index (χ3v) is 6.49. The first-order valence-electron chi connectivity index (χ1n) is 10.3. The van der Waals surface area contributed by atoms with E-state index in [-0.39, 0.29) is 11.7 Å². The third kappa shape index (κ3) is 4.37. The summed E-state index contributed by atoms with van der Waals surface area (Å²) in [6.07, 6.45) is 3.75. The molecule has 0 radical (unpaired) electrons. The topological polar surface area (TPSA) is 96.8 Å². The van der Waals surface area contributed by atoms with Gasteiger partial charge in [0.25, 0.3) is 5.91 Å².